The number of nitrogens with one attached hydrogen (secondary N) is 3. The molecule has 148 valence electrons. The number of carbonyl (C=O) groups excluding carboxylic acids is 3. The van der Waals surface area contributed by atoms with E-state index in [1.54, 1.807) is 48.6 Å². The molecule has 1 unspecified atom stereocenters. The van der Waals surface area contributed by atoms with E-state index in [0.29, 0.717) is 17.7 Å². The number of aryl methyl sites for hydroxylation is 1. The summed E-state index contributed by atoms with van der Waals surface area (Å²) in [5, 5.41) is 10.3. The van der Waals surface area contributed by atoms with Gasteiger partial charge in [0.1, 0.15) is 5.54 Å². The van der Waals surface area contributed by atoms with Crippen LogP contribution in [0.5, 0.6) is 0 Å². The molecule has 1 aliphatic rings. The number of urea groups is 1. The first-order chi connectivity index (χ1) is 13.9. The van der Waals surface area contributed by atoms with Crippen LogP contribution in [0.4, 0.5) is 4.79 Å². The van der Waals surface area contributed by atoms with Crippen molar-refractivity contribution in [1.29, 1.82) is 0 Å². The lowest BCUT2D eigenvalue weighted by molar-refractivity contribution is -0.133. The molecule has 1 aromatic carbocycles. The maximum atomic E-state index is 13.1. The van der Waals surface area contributed by atoms with E-state index in [9.17, 15) is 14.4 Å². The molecule has 3 N–H and O–H groups in total. The van der Waals surface area contributed by atoms with Gasteiger partial charge < -0.3 is 5.32 Å². The van der Waals surface area contributed by atoms with Gasteiger partial charge in [0.05, 0.1) is 10.6 Å². The first-order valence-electron chi connectivity index (χ1n) is 9.10. The maximum absolute atomic E-state index is 13.1. The van der Waals surface area contributed by atoms with Crippen LogP contribution in [0, 0.1) is 6.92 Å². The number of amides is 4. The maximum Gasteiger partial charge on any atom is 0.344 e. The molecule has 4 amide bonds. The average Bonchev–Trinajstić information content (AvgIpc) is 3.43. The van der Waals surface area contributed by atoms with Crippen LogP contribution in [0.15, 0.2) is 48.5 Å². The molecular weight excluding hydrogens is 390 g/mol. The number of nitrogens with zero attached hydrogens (tertiary/aromatic N) is 2. The van der Waals surface area contributed by atoms with E-state index in [0.717, 1.165) is 14.8 Å². The zero-order chi connectivity index (χ0) is 20.6. The number of aromatic amines is 1. The van der Waals surface area contributed by atoms with Crippen molar-refractivity contribution in [3.63, 3.8) is 0 Å². The molecule has 0 saturated carbocycles. The van der Waals surface area contributed by atoms with E-state index in [4.69, 9.17) is 0 Å². The van der Waals surface area contributed by atoms with E-state index in [2.05, 4.69) is 20.9 Å². The standard InChI is InChI=1S/C20H19N5O3S/c1-3-20(13-7-5-4-6-8-13)18(27)25(19(28)21-20)24-17(26)15-11-14(22-23-15)16-10-9-12(2)29-16/h4-11H,3H2,1-2H3,(H,21,28)(H,22,23)(H,24,26). The second-order valence-electron chi connectivity index (χ2n) is 6.71. The highest BCUT2D eigenvalue weighted by Gasteiger charge is 2.52. The van der Waals surface area contributed by atoms with Crippen molar-refractivity contribution < 1.29 is 14.4 Å². The van der Waals surface area contributed by atoms with Crippen LogP contribution in [-0.4, -0.2) is 33.1 Å². The van der Waals surface area contributed by atoms with E-state index in [-0.39, 0.29) is 5.69 Å². The minimum Gasteiger partial charge on any atom is -0.318 e. The van der Waals surface area contributed by atoms with Gasteiger partial charge in [-0.1, -0.05) is 37.3 Å². The second-order valence-corrected chi connectivity index (χ2v) is 8.00. The normalized spacial score (nSPS) is 18.8. The molecule has 1 saturated heterocycles. The first kappa shape index (κ1) is 18.9. The molecule has 0 aliphatic carbocycles. The van der Waals surface area contributed by atoms with Crippen LogP contribution in [0.3, 0.4) is 0 Å². The number of carbonyl (C=O) groups is 3. The minimum atomic E-state index is -1.21. The van der Waals surface area contributed by atoms with Crippen molar-refractivity contribution in [1.82, 2.24) is 25.9 Å². The van der Waals surface area contributed by atoms with Gasteiger partial charge in [-0.3, -0.25) is 20.1 Å². The monoisotopic (exact) mass is 409 g/mol. The van der Waals surface area contributed by atoms with Gasteiger partial charge in [0.25, 0.3) is 11.8 Å². The van der Waals surface area contributed by atoms with Crippen molar-refractivity contribution >= 4 is 29.2 Å². The van der Waals surface area contributed by atoms with Crippen molar-refractivity contribution in [2.24, 2.45) is 0 Å². The number of hydrogen-bond acceptors (Lipinski definition) is 5. The topological polar surface area (TPSA) is 107 Å². The van der Waals surface area contributed by atoms with Crippen molar-refractivity contribution in [3.05, 3.63) is 64.7 Å². The molecule has 8 nitrogen and oxygen atoms in total. The zero-order valence-electron chi connectivity index (χ0n) is 15.9. The number of aromatic nitrogens is 2. The van der Waals surface area contributed by atoms with Crippen LogP contribution in [0.2, 0.25) is 0 Å². The Hall–Kier alpha value is -3.46. The highest BCUT2D eigenvalue weighted by Crippen LogP contribution is 2.31. The zero-order valence-corrected chi connectivity index (χ0v) is 16.7. The lowest BCUT2D eigenvalue weighted by Crippen LogP contribution is -2.48. The van der Waals surface area contributed by atoms with Gasteiger partial charge in [-0.05, 0) is 37.1 Å². The van der Waals surface area contributed by atoms with Gasteiger partial charge in [0.2, 0.25) is 0 Å². The first-order valence-corrected chi connectivity index (χ1v) is 9.91. The average molecular weight is 409 g/mol. The second kappa shape index (κ2) is 7.17. The fraction of sp³-hybridized carbons (Fsp3) is 0.200. The predicted molar refractivity (Wildman–Crippen MR) is 108 cm³/mol. The Balaban J connectivity index is 1.55. The van der Waals surface area contributed by atoms with Crippen molar-refractivity contribution in [2.45, 2.75) is 25.8 Å². The minimum absolute atomic E-state index is 0.0837. The Morgan fingerprint density at radius 1 is 1.21 bits per heavy atom. The fourth-order valence-corrected chi connectivity index (χ4v) is 4.17. The quantitative estimate of drug-likeness (QED) is 0.563. The SMILES string of the molecule is CCC1(c2ccccc2)NC(=O)N(NC(=O)c2cc(-c3ccc(C)s3)[nH]n2)C1=O. The number of rotatable bonds is 5. The molecule has 2 aromatic heterocycles. The Morgan fingerprint density at radius 3 is 2.62 bits per heavy atom. The molecular formula is C20H19N5O3S. The number of benzene rings is 1. The van der Waals surface area contributed by atoms with Gasteiger partial charge in [-0.25, -0.2) is 4.79 Å². The van der Waals surface area contributed by atoms with Gasteiger partial charge in [-0.15, -0.1) is 11.3 Å². The molecule has 1 atom stereocenters. The third kappa shape index (κ3) is 3.19. The summed E-state index contributed by atoms with van der Waals surface area (Å²) in [7, 11) is 0. The van der Waals surface area contributed by atoms with Crippen molar-refractivity contribution in [3.8, 4) is 10.6 Å². The largest absolute Gasteiger partial charge is 0.344 e. The van der Waals surface area contributed by atoms with Crippen LogP contribution >= 0.6 is 11.3 Å². The lowest BCUT2D eigenvalue weighted by Gasteiger charge is -2.25. The Morgan fingerprint density at radius 2 is 1.97 bits per heavy atom. The van der Waals surface area contributed by atoms with E-state index in [1.807, 2.05) is 25.1 Å². The number of thiophene rings is 1. The van der Waals surface area contributed by atoms with E-state index >= 15 is 0 Å². The highest BCUT2D eigenvalue weighted by atomic mass is 32.1. The molecule has 1 aliphatic heterocycles. The molecule has 29 heavy (non-hydrogen) atoms. The summed E-state index contributed by atoms with van der Waals surface area (Å²) in [6, 6.07) is 13.8. The molecule has 9 heteroatoms. The summed E-state index contributed by atoms with van der Waals surface area (Å²) in [5.41, 5.74) is 2.60. The van der Waals surface area contributed by atoms with E-state index < -0.39 is 23.4 Å². The van der Waals surface area contributed by atoms with Crippen LogP contribution in [0.1, 0.15) is 34.3 Å². The molecule has 3 heterocycles. The molecule has 0 bridgehead atoms. The Kier molecular flexibility index (Phi) is 4.67. The number of H-pyrrole nitrogens is 1. The van der Waals surface area contributed by atoms with Crippen molar-refractivity contribution in [2.75, 3.05) is 0 Å². The summed E-state index contributed by atoms with van der Waals surface area (Å²) in [4.78, 5) is 40.2. The summed E-state index contributed by atoms with van der Waals surface area (Å²) in [6.07, 6.45) is 0.345. The summed E-state index contributed by atoms with van der Waals surface area (Å²) in [5.74, 6) is -1.18. The smallest absolute Gasteiger partial charge is 0.318 e. The number of hydrazine groups is 1. The van der Waals surface area contributed by atoms with E-state index in [1.165, 1.54) is 0 Å². The van der Waals surface area contributed by atoms with Gasteiger partial charge >= 0.3 is 6.03 Å². The molecule has 4 rings (SSSR count). The predicted octanol–water partition coefficient (Wildman–Crippen LogP) is 2.95. The third-order valence-electron chi connectivity index (χ3n) is 4.92. The molecule has 0 radical (unpaired) electrons. The van der Waals surface area contributed by atoms with Gasteiger partial charge in [0.15, 0.2) is 5.69 Å². The van der Waals surface area contributed by atoms with Crippen LogP contribution in [-0.2, 0) is 10.3 Å². The van der Waals surface area contributed by atoms with Gasteiger partial charge in [-0.2, -0.15) is 10.1 Å². The van der Waals surface area contributed by atoms with Crippen LogP contribution < -0.4 is 10.7 Å². The molecule has 1 fully saturated rings. The summed E-state index contributed by atoms with van der Waals surface area (Å²) >= 11 is 1.57. The third-order valence-corrected chi connectivity index (χ3v) is 5.95. The van der Waals surface area contributed by atoms with Gasteiger partial charge in [0, 0.05) is 4.88 Å². The summed E-state index contributed by atoms with van der Waals surface area (Å²) < 4.78 is 0. The number of imide groups is 1. The molecule has 3 aromatic rings. The fourth-order valence-electron chi connectivity index (χ4n) is 3.34. The summed E-state index contributed by atoms with van der Waals surface area (Å²) in [6.45, 7) is 3.79. The Bertz CT molecular complexity index is 1090. The van der Waals surface area contributed by atoms with Crippen LogP contribution in [0.25, 0.3) is 10.6 Å². The highest BCUT2D eigenvalue weighted by molar-refractivity contribution is 7.15. The Labute approximate surface area is 170 Å². The number of hydrogen-bond donors (Lipinski definition) is 3. The molecule has 0 spiro atoms. The lowest BCUT2D eigenvalue weighted by atomic mass is 9.87.